The average molecular weight is 254 g/mol. The standard InChI is InChI=1S/C12H15FN2O3/c13-8-5-6-10(15(16)17)12(7-8)18-11-4-2-1-3-9(11)14/h5-7,9,11H,1-4,14H2. The average Bonchev–Trinajstić information content (AvgIpc) is 2.32. The van der Waals surface area contributed by atoms with Crippen LogP contribution in [-0.2, 0) is 0 Å². The number of halogens is 1. The second-order valence-corrected chi connectivity index (χ2v) is 4.47. The molecule has 0 saturated heterocycles. The summed E-state index contributed by atoms with van der Waals surface area (Å²) in [6.45, 7) is 0. The van der Waals surface area contributed by atoms with E-state index >= 15 is 0 Å². The molecule has 0 amide bonds. The highest BCUT2D eigenvalue weighted by Crippen LogP contribution is 2.31. The smallest absolute Gasteiger partial charge is 0.311 e. The summed E-state index contributed by atoms with van der Waals surface area (Å²) >= 11 is 0. The fourth-order valence-electron chi connectivity index (χ4n) is 2.17. The molecule has 98 valence electrons. The minimum Gasteiger partial charge on any atom is -0.482 e. The number of nitro benzene ring substituents is 1. The van der Waals surface area contributed by atoms with Crippen LogP contribution >= 0.6 is 0 Å². The van der Waals surface area contributed by atoms with Crippen molar-refractivity contribution >= 4 is 5.69 Å². The van der Waals surface area contributed by atoms with Crippen molar-refractivity contribution in [2.75, 3.05) is 0 Å². The quantitative estimate of drug-likeness (QED) is 0.663. The summed E-state index contributed by atoms with van der Waals surface area (Å²) in [4.78, 5) is 10.2. The van der Waals surface area contributed by atoms with Crippen LogP contribution < -0.4 is 10.5 Å². The number of hydrogen-bond donors (Lipinski definition) is 1. The molecule has 1 aliphatic carbocycles. The number of ether oxygens (including phenoxy) is 1. The zero-order valence-electron chi connectivity index (χ0n) is 9.84. The molecule has 0 spiro atoms. The van der Waals surface area contributed by atoms with Crippen molar-refractivity contribution in [3.8, 4) is 5.75 Å². The van der Waals surface area contributed by atoms with Gasteiger partial charge in [-0.25, -0.2) is 4.39 Å². The molecule has 0 aliphatic heterocycles. The first kappa shape index (κ1) is 12.8. The van der Waals surface area contributed by atoms with Gasteiger partial charge in [0, 0.05) is 18.2 Å². The molecular weight excluding hydrogens is 239 g/mol. The molecular formula is C12H15FN2O3. The van der Waals surface area contributed by atoms with Crippen molar-refractivity contribution in [1.82, 2.24) is 0 Å². The van der Waals surface area contributed by atoms with Crippen molar-refractivity contribution in [2.24, 2.45) is 5.73 Å². The molecule has 1 aromatic rings. The van der Waals surface area contributed by atoms with Gasteiger partial charge >= 0.3 is 5.69 Å². The zero-order chi connectivity index (χ0) is 13.1. The van der Waals surface area contributed by atoms with Gasteiger partial charge in [0.1, 0.15) is 11.9 Å². The summed E-state index contributed by atoms with van der Waals surface area (Å²) in [6.07, 6.45) is 3.30. The van der Waals surface area contributed by atoms with E-state index in [1.54, 1.807) is 0 Å². The Labute approximate surface area is 104 Å². The molecule has 2 N–H and O–H groups in total. The third-order valence-electron chi connectivity index (χ3n) is 3.15. The maximum absolute atomic E-state index is 13.1. The number of hydrogen-bond acceptors (Lipinski definition) is 4. The van der Waals surface area contributed by atoms with Gasteiger partial charge < -0.3 is 10.5 Å². The molecule has 1 aromatic carbocycles. The summed E-state index contributed by atoms with van der Waals surface area (Å²) in [5.74, 6) is -0.595. The Morgan fingerprint density at radius 3 is 2.78 bits per heavy atom. The van der Waals surface area contributed by atoms with E-state index in [1.807, 2.05) is 0 Å². The van der Waals surface area contributed by atoms with Crippen LogP contribution in [-0.4, -0.2) is 17.1 Å². The van der Waals surface area contributed by atoms with E-state index in [4.69, 9.17) is 10.5 Å². The Bertz CT molecular complexity index is 453. The van der Waals surface area contributed by atoms with Gasteiger partial charge in [0.05, 0.1) is 4.92 Å². The monoisotopic (exact) mass is 254 g/mol. The summed E-state index contributed by atoms with van der Waals surface area (Å²) in [6, 6.07) is 3.05. The molecule has 2 rings (SSSR count). The Balaban J connectivity index is 2.21. The van der Waals surface area contributed by atoms with Gasteiger partial charge in [-0.3, -0.25) is 10.1 Å². The predicted molar refractivity (Wildman–Crippen MR) is 63.9 cm³/mol. The van der Waals surface area contributed by atoms with E-state index in [1.165, 1.54) is 0 Å². The van der Waals surface area contributed by atoms with Crippen LogP contribution in [0.4, 0.5) is 10.1 Å². The Kier molecular flexibility index (Phi) is 3.76. The minimum atomic E-state index is -0.580. The van der Waals surface area contributed by atoms with Crippen molar-refractivity contribution < 1.29 is 14.1 Å². The highest BCUT2D eigenvalue weighted by Gasteiger charge is 2.26. The van der Waals surface area contributed by atoms with Gasteiger partial charge in [0.25, 0.3) is 0 Å². The van der Waals surface area contributed by atoms with Crippen LogP contribution in [0.2, 0.25) is 0 Å². The highest BCUT2D eigenvalue weighted by atomic mass is 19.1. The number of nitro groups is 1. The molecule has 0 heterocycles. The maximum atomic E-state index is 13.1. The van der Waals surface area contributed by atoms with Crippen LogP contribution in [0.15, 0.2) is 18.2 Å². The molecule has 1 fully saturated rings. The van der Waals surface area contributed by atoms with E-state index in [0.29, 0.717) is 0 Å². The van der Waals surface area contributed by atoms with E-state index in [-0.39, 0.29) is 23.6 Å². The Hall–Kier alpha value is -1.69. The first-order valence-electron chi connectivity index (χ1n) is 5.94. The number of nitrogens with zero attached hydrogens (tertiary/aromatic N) is 1. The van der Waals surface area contributed by atoms with Crippen LogP contribution in [0.25, 0.3) is 0 Å². The highest BCUT2D eigenvalue weighted by molar-refractivity contribution is 5.46. The molecule has 0 aromatic heterocycles. The predicted octanol–water partition coefficient (Wildman–Crippen LogP) is 2.38. The van der Waals surface area contributed by atoms with Crippen LogP contribution in [0.1, 0.15) is 25.7 Å². The van der Waals surface area contributed by atoms with E-state index in [9.17, 15) is 14.5 Å². The lowest BCUT2D eigenvalue weighted by Crippen LogP contribution is -2.41. The van der Waals surface area contributed by atoms with E-state index in [2.05, 4.69) is 0 Å². The maximum Gasteiger partial charge on any atom is 0.311 e. The minimum absolute atomic E-state index is 0.0395. The van der Waals surface area contributed by atoms with Crippen LogP contribution in [0.3, 0.4) is 0 Å². The normalized spacial score (nSPS) is 23.7. The third kappa shape index (κ3) is 2.76. The van der Waals surface area contributed by atoms with Gasteiger partial charge in [-0.1, -0.05) is 6.42 Å². The second kappa shape index (κ2) is 5.30. The van der Waals surface area contributed by atoms with Crippen LogP contribution in [0.5, 0.6) is 5.75 Å². The van der Waals surface area contributed by atoms with Crippen molar-refractivity contribution in [2.45, 2.75) is 37.8 Å². The Morgan fingerprint density at radius 1 is 1.39 bits per heavy atom. The molecule has 6 heteroatoms. The molecule has 18 heavy (non-hydrogen) atoms. The van der Waals surface area contributed by atoms with E-state index in [0.717, 1.165) is 43.9 Å². The van der Waals surface area contributed by atoms with Gasteiger partial charge in [-0.15, -0.1) is 0 Å². The number of rotatable bonds is 3. The second-order valence-electron chi connectivity index (χ2n) is 4.47. The lowest BCUT2D eigenvalue weighted by atomic mass is 9.93. The van der Waals surface area contributed by atoms with Crippen LogP contribution in [0, 0.1) is 15.9 Å². The molecule has 0 bridgehead atoms. The third-order valence-corrected chi connectivity index (χ3v) is 3.15. The van der Waals surface area contributed by atoms with Gasteiger partial charge in [0.2, 0.25) is 0 Å². The molecule has 2 unspecified atom stereocenters. The summed E-state index contributed by atoms with van der Waals surface area (Å²) in [7, 11) is 0. The zero-order valence-corrected chi connectivity index (χ0v) is 9.84. The largest absolute Gasteiger partial charge is 0.482 e. The number of nitrogens with two attached hydrogens (primary N) is 1. The molecule has 0 radical (unpaired) electrons. The molecule has 1 aliphatic rings. The first-order valence-corrected chi connectivity index (χ1v) is 5.94. The summed E-state index contributed by atoms with van der Waals surface area (Å²) in [5.41, 5.74) is 5.67. The topological polar surface area (TPSA) is 78.4 Å². The first-order chi connectivity index (χ1) is 8.58. The van der Waals surface area contributed by atoms with Gasteiger partial charge in [-0.2, -0.15) is 0 Å². The molecule has 5 nitrogen and oxygen atoms in total. The fraction of sp³-hybridized carbons (Fsp3) is 0.500. The molecule has 1 saturated carbocycles. The number of benzene rings is 1. The van der Waals surface area contributed by atoms with Crippen molar-refractivity contribution in [3.63, 3.8) is 0 Å². The van der Waals surface area contributed by atoms with Crippen molar-refractivity contribution in [1.29, 1.82) is 0 Å². The summed E-state index contributed by atoms with van der Waals surface area (Å²) in [5, 5.41) is 10.8. The molecule has 2 atom stereocenters. The lowest BCUT2D eigenvalue weighted by molar-refractivity contribution is -0.386. The SMILES string of the molecule is NC1CCCCC1Oc1cc(F)ccc1[N+](=O)[O-]. The van der Waals surface area contributed by atoms with Gasteiger partial charge in [-0.05, 0) is 25.3 Å². The van der Waals surface area contributed by atoms with Crippen molar-refractivity contribution in [3.05, 3.63) is 34.1 Å². The van der Waals surface area contributed by atoms with Gasteiger partial charge in [0.15, 0.2) is 5.75 Å². The van der Waals surface area contributed by atoms with E-state index < -0.39 is 10.7 Å². The lowest BCUT2D eigenvalue weighted by Gasteiger charge is -2.28. The fourth-order valence-corrected chi connectivity index (χ4v) is 2.17. The Morgan fingerprint density at radius 2 is 2.11 bits per heavy atom. The summed E-state index contributed by atoms with van der Waals surface area (Å²) < 4.78 is 18.7.